The zero-order valence-corrected chi connectivity index (χ0v) is 15.7. The Bertz CT molecular complexity index is 967. The monoisotopic (exact) mass is 399 g/mol. The first-order valence-electron chi connectivity index (χ1n) is 8.72. The lowest BCUT2D eigenvalue weighted by Crippen LogP contribution is -2.19. The van der Waals surface area contributed by atoms with Crippen molar-refractivity contribution in [1.29, 1.82) is 0 Å². The Balaban J connectivity index is 1.77. The number of hydrogen-bond donors (Lipinski definition) is 3. The molecule has 0 radical (unpaired) electrons. The highest BCUT2D eigenvalue weighted by Crippen LogP contribution is 2.31. The normalized spacial score (nSPS) is 10.7. The van der Waals surface area contributed by atoms with Crippen LogP contribution in [-0.4, -0.2) is 29.1 Å². The van der Waals surface area contributed by atoms with E-state index in [1.807, 2.05) is 36.4 Å². The maximum absolute atomic E-state index is 14.1. The predicted molar refractivity (Wildman–Crippen MR) is 108 cm³/mol. The van der Waals surface area contributed by atoms with Gasteiger partial charge in [0, 0.05) is 24.2 Å². The molecular weight excluding hydrogens is 381 g/mol. The van der Waals surface area contributed by atoms with E-state index in [9.17, 15) is 9.18 Å². The lowest BCUT2D eigenvalue weighted by molar-refractivity contribution is 0.102. The molecule has 5 nitrogen and oxygen atoms in total. The molecule has 0 spiro atoms. The molecule has 0 atom stereocenters. The summed E-state index contributed by atoms with van der Waals surface area (Å²) in [5.41, 5.74) is 2.25. The van der Waals surface area contributed by atoms with Crippen molar-refractivity contribution in [3.8, 4) is 11.1 Å². The summed E-state index contributed by atoms with van der Waals surface area (Å²) in [5.74, 6) is -1.07. The molecule has 0 aliphatic carbocycles. The summed E-state index contributed by atoms with van der Waals surface area (Å²) >= 11 is 6.45. The quantitative estimate of drug-likeness (QED) is 0.416. The number of nitrogens with zero attached hydrogens (tertiary/aromatic N) is 1. The smallest absolute Gasteiger partial charge is 0.258 e. The van der Waals surface area contributed by atoms with Gasteiger partial charge < -0.3 is 15.7 Å². The van der Waals surface area contributed by atoms with Crippen molar-refractivity contribution in [2.75, 3.05) is 18.5 Å². The minimum Gasteiger partial charge on any atom is -0.395 e. The molecule has 3 aromatic rings. The van der Waals surface area contributed by atoms with Crippen molar-refractivity contribution < 1.29 is 14.3 Å². The summed E-state index contributed by atoms with van der Waals surface area (Å²) in [7, 11) is 0. The van der Waals surface area contributed by atoms with Crippen LogP contribution < -0.4 is 10.6 Å². The molecule has 0 aliphatic heterocycles. The molecular formula is C21H19ClFN3O2. The number of carbonyl (C=O) groups is 1. The third kappa shape index (κ3) is 4.72. The lowest BCUT2D eigenvalue weighted by Gasteiger charge is -2.11. The molecule has 1 heterocycles. The average molecular weight is 400 g/mol. The van der Waals surface area contributed by atoms with E-state index in [0.717, 1.165) is 11.1 Å². The van der Waals surface area contributed by atoms with E-state index in [-0.39, 0.29) is 24.5 Å². The third-order valence-corrected chi connectivity index (χ3v) is 4.51. The fourth-order valence-corrected chi connectivity index (χ4v) is 3.02. The van der Waals surface area contributed by atoms with Crippen LogP contribution in [0.15, 0.2) is 60.7 Å². The largest absolute Gasteiger partial charge is 0.395 e. The minimum atomic E-state index is -0.688. The Morgan fingerprint density at radius 2 is 1.86 bits per heavy atom. The molecule has 3 rings (SSSR count). The van der Waals surface area contributed by atoms with Gasteiger partial charge in [-0.3, -0.25) is 4.79 Å². The van der Waals surface area contributed by atoms with Crippen LogP contribution in [0.2, 0.25) is 5.02 Å². The van der Waals surface area contributed by atoms with Crippen LogP contribution in [0, 0.1) is 5.95 Å². The number of aliphatic hydroxyl groups is 1. The second-order valence-electron chi connectivity index (χ2n) is 6.03. The highest BCUT2D eigenvalue weighted by Gasteiger charge is 2.16. The minimum absolute atomic E-state index is 0.0357. The van der Waals surface area contributed by atoms with Gasteiger partial charge >= 0.3 is 0 Å². The molecule has 144 valence electrons. The number of nitrogens with one attached hydrogen (secondary N) is 2. The van der Waals surface area contributed by atoms with Crippen molar-refractivity contribution in [2.45, 2.75) is 6.54 Å². The molecule has 0 fully saturated rings. The first kappa shape index (κ1) is 19.9. The van der Waals surface area contributed by atoms with Crippen LogP contribution in [-0.2, 0) is 6.54 Å². The Labute approximate surface area is 167 Å². The molecule has 7 heteroatoms. The van der Waals surface area contributed by atoms with Gasteiger partial charge in [0.1, 0.15) is 5.82 Å². The van der Waals surface area contributed by atoms with Crippen molar-refractivity contribution in [3.05, 3.63) is 82.8 Å². The standard InChI is InChI=1S/C21H19ClFN3O2/c22-19-16(14-5-2-1-3-6-14)7-4-8-17(19)21(28)26-18-10-9-15(20(23)25-18)13-24-11-12-27/h1-10,24,27H,11-13H2,(H,25,26,28). The lowest BCUT2D eigenvalue weighted by atomic mass is 10.0. The second kappa shape index (κ2) is 9.41. The molecule has 1 aromatic heterocycles. The number of hydrogen-bond acceptors (Lipinski definition) is 4. The summed E-state index contributed by atoms with van der Waals surface area (Å²) in [5, 5.41) is 14.5. The van der Waals surface area contributed by atoms with E-state index in [0.29, 0.717) is 17.1 Å². The van der Waals surface area contributed by atoms with Crippen molar-refractivity contribution >= 4 is 23.3 Å². The van der Waals surface area contributed by atoms with Crippen LogP contribution in [0.4, 0.5) is 10.2 Å². The number of rotatable bonds is 7. The molecule has 0 unspecified atom stereocenters. The second-order valence-corrected chi connectivity index (χ2v) is 6.41. The molecule has 0 saturated heterocycles. The molecule has 28 heavy (non-hydrogen) atoms. The summed E-state index contributed by atoms with van der Waals surface area (Å²) < 4.78 is 14.1. The number of pyridine rings is 1. The van der Waals surface area contributed by atoms with Gasteiger partial charge in [-0.2, -0.15) is 4.39 Å². The van der Waals surface area contributed by atoms with E-state index < -0.39 is 11.9 Å². The van der Waals surface area contributed by atoms with E-state index in [1.54, 1.807) is 12.1 Å². The number of amides is 1. The SMILES string of the molecule is O=C(Nc1ccc(CNCCO)c(F)n1)c1cccc(-c2ccccc2)c1Cl. The van der Waals surface area contributed by atoms with Crippen LogP contribution >= 0.6 is 11.6 Å². The maximum Gasteiger partial charge on any atom is 0.258 e. The summed E-state index contributed by atoms with van der Waals surface area (Å²) in [6.45, 7) is 0.554. The number of anilines is 1. The van der Waals surface area contributed by atoms with Crippen LogP contribution in [0.3, 0.4) is 0 Å². The molecule has 3 N–H and O–H groups in total. The highest BCUT2D eigenvalue weighted by atomic mass is 35.5. The van der Waals surface area contributed by atoms with Gasteiger partial charge in [-0.1, -0.05) is 54.1 Å². The predicted octanol–water partition coefficient (Wildman–Crippen LogP) is 3.88. The Morgan fingerprint density at radius 3 is 2.57 bits per heavy atom. The van der Waals surface area contributed by atoms with Gasteiger partial charge in [-0.15, -0.1) is 0 Å². The molecule has 0 aliphatic rings. The Hall–Kier alpha value is -2.80. The van der Waals surface area contributed by atoms with Crippen LogP contribution in [0.5, 0.6) is 0 Å². The molecule has 2 aromatic carbocycles. The van der Waals surface area contributed by atoms with Gasteiger partial charge in [0.15, 0.2) is 0 Å². The summed E-state index contributed by atoms with van der Waals surface area (Å²) in [6, 6.07) is 17.7. The number of carbonyl (C=O) groups excluding carboxylic acids is 1. The summed E-state index contributed by atoms with van der Waals surface area (Å²) in [4.78, 5) is 16.4. The van der Waals surface area contributed by atoms with E-state index in [4.69, 9.17) is 16.7 Å². The molecule has 0 saturated carbocycles. The van der Waals surface area contributed by atoms with Gasteiger partial charge in [-0.25, -0.2) is 4.98 Å². The van der Waals surface area contributed by atoms with E-state index >= 15 is 0 Å². The first-order valence-corrected chi connectivity index (χ1v) is 9.10. The number of aliphatic hydroxyl groups excluding tert-OH is 1. The van der Waals surface area contributed by atoms with Crippen LogP contribution in [0.25, 0.3) is 11.1 Å². The molecule has 1 amide bonds. The van der Waals surface area contributed by atoms with Gasteiger partial charge in [0.05, 0.1) is 17.2 Å². The van der Waals surface area contributed by atoms with E-state index in [2.05, 4.69) is 15.6 Å². The zero-order valence-electron chi connectivity index (χ0n) is 15.0. The number of aromatic nitrogens is 1. The number of halogens is 2. The van der Waals surface area contributed by atoms with Gasteiger partial charge in [0.25, 0.3) is 5.91 Å². The van der Waals surface area contributed by atoms with Gasteiger partial charge in [-0.05, 0) is 23.8 Å². The summed E-state index contributed by atoms with van der Waals surface area (Å²) in [6.07, 6.45) is 0. The average Bonchev–Trinajstić information content (AvgIpc) is 2.70. The van der Waals surface area contributed by atoms with Crippen molar-refractivity contribution in [2.24, 2.45) is 0 Å². The zero-order chi connectivity index (χ0) is 19.9. The van der Waals surface area contributed by atoms with E-state index in [1.165, 1.54) is 12.1 Å². The Kier molecular flexibility index (Phi) is 6.71. The van der Waals surface area contributed by atoms with Crippen molar-refractivity contribution in [3.63, 3.8) is 0 Å². The fraction of sp³-hybridized carbons (Fsp3) is 0.143. The first-order chi connectivity index (χ1) is 13.6. The topological polar surface area (TPSA) is 74.2 Å². The highest BCUT2D eigenvalue weighted by molar-refractivity contribution is 6.37. The number of benzene rings is 2. The third-order valence-electron chi connectivity index (χ3n) is 4.10. The molecule has 0 bridgehead atoms. The maximum atomic E-state index is 14.1. The fourth-order valence-electron chi connectivity index (χ4n) is 2.70. The Morgan fingerprint density at radius 1 is 1.07 bits per heavy atom. The van der Waals surface area contributed by atoms with Crippen LogP contribution in [0.1, 0.15) is 15.9 Å². The van der Waals surface area contributed by atoms with Gasteiger partial charge in [0.2, 0.25) is 5.95 Å². The van der Waals surface area contributed by atoms with Crippen molar-refractivity contribution in [1.82, 2.24) is 10.3 Å².